The van der Waals surface area contributed by atoms with Gasteiger partial charge in [-0.2, -0.15) is 0 Å². The standard InChI is InChI=1S/C9H18F2N2O2/c1-12(2)4-3-9(15)13(5-6-14)7-8(10)11/h8,14H,3-7H2,1-2H3. The van der Waals surface area contributed by atoms with Gasteiger partial charge in [0.25, 0.3) is 6.43 Å². The van der Waals surface area contributed by atoms with Gasteiger partial charge in [0.1, 0.15) is 0 Å². The maximum atomic E-state index is 12.1. The van der Waals surface area contributed by atoms with Crippen molar-refractivity contribution < 1.29 is 18.7 Å². The Bertz CT molecular complexity index is 189. The van der Waals surface area contributed by atoms with Gasteiger partial charge in [-0.1, -0.05) is 0 Å². The van der Waals surface area contributed by atoms with E-state index in [0.29, 0.717) is 6.54 Å². The summed E-state index contributed by atoms with van der Waals surface area (Å²) >= 11 is 0. The first-order valence-electron chi connectivity index (χ1n) is 4.79. The van der Waals surface area contributed by atoms with E-state index in [1.807, 2.05) is 0 Å². The Labute approximate surface area is 88.5 Å². The molecule has 0 atom stereocenters. The number of hydrogen-bond donors (Lipinski definition) is 1. The van der Waals surface area contributed by atoms with Crippen LogP contribution in [0.15, 0.2) is 0 Å². The highest BCUT2D eigenvalue weighted by atomic mass is 19.3. The van der Waals surface area contributed by atoms with E-state index in [1.165, 1.54) is 0 Å². The van der Waals surface area contributed by atoms with E-state index in [-0.39, 0.29) is 25.5 Å². The van der Waals surface area contributed by atoms with Gasteiger partial charge in [0.15, 0.2) is 0 Å². The molecule has 6 heteroatoms. The molecule has 0 bridgehead atoms. The van der Waals surface area contributed by atoms with Crippen LogP contribution in [0.4, 0.5) is 8.78 Å². The predicted octanol–water partition coefficient (Wildman–Crippen LogP) is 0.0241. The van der Waals surface area contributed by atoms with Crippen molar-refractivity contribution >= 4 is 5.91 Å². The molecule has 0 unspecified atom stereocenters. The van der Waals surface area contributed by atoms with Gasteiger partial charge in [-0.15, -0.1) is 0 Å². The van der Waals surface area contributed by atoms with Crippen LogP contribution in [0.5, 0.6) is 0 Å². The first kappa shape index (κ1) is 14.2. The summed E-state index contributed by atoms with van der Waals surface area (Å²) in [5.41, 5.74) is 0. The van der Waals surface area contributed by atoms with Crippen LogP contribution < -0.4 is 0 Å². The molecule has 1 amide bonds. The van der Waals surface area contributed by atoms with Crippen LogP contribution in [0.3, 0.4) is 0 Å². The normalized spacial score (nSPS) is 11.1. The number of aliphatic hydroxyl groups is 1. The van der Waals surface area contributed by atoms with Gasteiger partial charge in [-0.25, -0.2) is 8.78 Å². The molecule has 0 heterocycles. The van der Waals surface area contributed by atoms with Crippen molar-refractivity contribution in [3.8, 4) is 0 Å². The quantitative estimate of drug-likeness (QED) is 0.663. The van der Waals surface area contributed by atoms with E-state index in [2.05, 4.69) is 0 Å². The largest absolute Gasteiger partial charge is 0.395 e. The summed E-state index contributed by atoms with van der Waals surface area (Å²) in [6.07, 6.45) is -2.36. The highest BCUT2D eigenvalue weighted by molar-refractivity contribution is 5.76. The molecule has 0 aliphatic carbocycles. The van der Waals surface area contributed by atoms with E-state index >= 15 is 0 Å². The average molecular weight is 224 g/mol. The van der Waals surface area contributed by atoms with Crippen molar-refractivity contribution in [3.63, 3.8) is 0 Å². The van der Waals surface area contributed by atoms with Crippen molar-refractivity contribution in [2.24, 2.45) is 0 Å². The topological polar surface area (TPSA) is 43.8 Å². The maximum absolute atomic E-state index is 12.1. The number of amides is 1. The molecule has 0 radical (unpaired) electrons. The monoisotopic (exact) mass is 224 g/mol. The molecule has 0 aromatic carbocycles. The van der Waals surface area contributed by atoms with Gasteiger partial charge in [0, 0.05) is 19.5 Å². The maximum Gasteiger partial charge on any atom is 0.255 e. The lowest BCUT2D eigenvalue weighted by atomic mass is 10.3. The number of carbonyl (C=O) groups is 1. The molecular weight excluding hydrogens is 206 g/mol. The van der Waals surface area contributed by atoms with E-state index in [0.717, 1.165) is 4.90 Å². The van der Waals surface area contributed by atoms with Gasteiger partial charge >= 0.3 is 0 Å². The number of alkyl halides is 2. The van der Waals surface area contributed by atoms with Crippen molar-refractivity contribution in [1.29, 1.82) is 0 Å². The van der Waals surface area contributed by atoms with Crippen molar-refractivity contribution in [2.75, 3.05) is 40.3 Å². The fourth-order valence-corrected chi connectivity index (χ4v) is 1.08. The third-order valence-electron chi connectivity index (χ3n) is 1.85. The summed E-state index contributed by atoms with van der Waals surface area (Å²) in [6.45, 7) is -0.409. The molecule has 0 saturated carbocycles. The summed E-state index contributed by atoms with van der Waals surface area (Å²) in [4.78, 5) is 14.2. The SMILES string of the molecule is CN(C)CCC(=O)N(CCO)CC(F)F. The van der Waals surface area contributed by atoms with Gasteiger partial charge in [0.05, 0.1) is 13.2 Å². The van der Waals surface area contributed by atoms with Crippen LogP contribution in [0.25, 0.3) is 0 Å². The molecule has 0 saturated heterocycles. The summed E-state index contributed by atoms with van der Waals surface area (Å²) in [6, 6.07) is 0. The summed E-state index contributed by atoms with van der Waals surface area (Å²) in [5, 5.41) is 8.63. The molecule has 0 rings (SSSR count). The molecule has 0 aliphatic rings. The second-order valence-electron chi connectivity index (χ2n) is 3.51. The van der Waals surface area contributed by atoms with Gasteiger partial charge in [0.2, 0.25) is 5.91 Å². The van der Waals surface area contributed by atoms with Crippen LogP contribution in [-0.4, -0.2) is 67.6 Å². The lowest BCUT2D eigenvalue weighted by Crippen LogP contribution is -2.38. The average Bonchev–Trinajstić information content (AvgIpc) is 2.12. The summed E-state index contributed by atoms with van der Waals surface area (Å²) in [5.74, 6) is -0.349. The van der Waals surface area contributed by atoms with Crippen molar-refractivity contribution in [2.45, 2.75) is 12.8 Å². The van der Waals surface area contributed by atoms with Crippen LogP contribution in [0.2, 0.25) is 0 Å². The lowest BCUT2D eigenvalue weighted by Gasteiger charge is -2.22. The van der Waals surface area contributed by atoms with E-state index in [4.69, 9.17) is 5.11 Å². The van der Waals surface area contributed by atoms with Crippen LogP contribution in [-0.2, 0) is 4.79 Å². The Morgan fingerprint density at radius 1 is 1.33 bits per heavy atom. The third kappa shape index (κ3) is 7.21. The second-order valence-corrected chi connectivity index (χ2v) is 3.51. The number of rotatable bonds is 7. The third-order valence-corrected chi connectivity index (χ3v) is 1.85. The Morgan fingerprint density at radius 2 is 1.93 bits per heavy atom. The highest BCUT2D eigenvalue weighted by Gasteiger charge is 2.17. The Hall–Kier alpha value is -0.750. The fourth-order valence-electron chi connectivity index (χ4n) is 1.08. The number of halogens is 2. The molecule has 90 valence electrons. The Balaban J connectivity index is 4.04. The smallest absolute Gasteiger partial charge is 0.255 e. The zero-order valence-corrected chi connectivity index (χ0v) is 9.12. The summed E-state index contributed by atoms with van der Waals surface area (Å²) in [7, 11) is 3.60. The van der Waals surface area contributed by atoms with Gasteiger partial charge < -0.3 is 14.9 Å². The molecule has 0 fully saturated rings. The lowest BCUT2D eigenvalue weighted by molar-refractivity contribution is -0.133. The first-order valence-corrected chi connectivity index (χ1v) is 4.79. The predicted molar refractivity (Wildman–Crippen MR) is 52.8 cm³/mol. The molecule has 0 spiro atoms. The zero-order chi connectivity index (χ0) is 11.8. The van der Waals surface area contributed by atoms with Gasteiger partial charge in [-0.05, 0) is 14.1 Å². The van der Waals surface area contributed by atoms with Crippen LogP contribution in [0, 0.1) is 0 Å². The number of hydrogen-bond acceptors (Lipinski definition) is 3. The molecule has 4 nitrogen and oxygen atoms in total. The zero-order valence-electron chi connectivity index (χ0n) is 9.12. The minimum atomic E-state index is -2.56. The number of nitrogens with zero attached hydrogens (tertiary/aromatic N) is 2. The highest BCUT2D eigenvalue weighted by Crippen LogP contribution is 2.01. The molecule has 0 aromatic rings. The van der Waals surface area contributed by atoms with Crippen molar-refractivity contribution in [3.05, 3.63) is 0 Å². The van der Waals surface area contributed by atoms with Gasteiger partial charge in [-0.3, -0.25) is 4.79 Å². The molecular formula is C9H18F2N2O2. The number of carbonyl (C=O) groups excluding carboxylic acids is 1. The fraction of sp³-hybridized carbons (Fsp3) is 0.889. The minimum Gasteiger partial charge on any atom is -0.395 e. The van der Waals surface area contributed by atoms with E-state index in [1.54, 1.807) is 19.0 Å². The van der Waals surface area contributed by atoms with Crippen LogP contribution in [0.1, 0.15) is 6.42 Å². The Morgan fingerprint density at radius 3 is 2.33 bits per heavy atom. The molecule has 15 heavy (non-hydrogen) atoms. The molecule has 0 aromatic heterocycles. The second kappa shape index (κ2) is 7.53. The first-order chi connectivity index (χ1) is 6.97. The summed E-state index contributed by atoms with van der Waals surface area (Å²) < 4.78 is 24.2. The Kier molecular flexibility index (Phi) is 7.15. The van der Waals surface area contributed by atoms with E-state index in [9.17, 15) is 13.6 Å². The minimum absolute atomic E-state index is 0.0311. The number of aliphatic hydroxyl groups excluding tert-OH is 1. The van der Waals surface area contributed by atoms with E-state index < -0.39 is 13.0 Å². The molecule has 1 N–H and O–H groups in total. The van der Waals surface area contributed by atoms with Crippen molar-refractivity contribution in [1.82, 2.24) is 9.80 Å². The molecule has 0 aliphatic heterocycles. The van der Waals surface area contributed by atoms with Crippen LogP contribution >= 0.6 is 0 Å².